The number of carbonyl (C=O) groups excluding carboxylic acids is 1. The molecule has 1 aliphatic heterocycles. The number of amides is 1. The molecule has 6 heteroatoms. The van der Waals surface area contributed by atoms with Crippen LogP contribution in [0, 0.1) is 11.7 Å². The van der Waals surface area contributed by atoms with Crippen molar-refractivity contribution in [3.05, 3.63) is 69.9 Å². The Morgan fingerprint density at radius 1 is 1.27 bits per heavy atom. The lowest BCUT2D eigenvalue weighted by Crippen LogP contribution is -2.47. The maximum Gasteiger partial charge on any atom is 0.254 e. The van der Waals surface area contributed by atoms with Gasteiger partial charge in [-0.2, -0.15) is 0 Å². The highest BCUT2D eigenvalue weighted by Gasteiger charge is 2.32. The molecule has 26 heavy (non-hydrogen) atoms. The third kappa shape index (κ3) is 4.02. The molecule has 0 saturated carbocycles. The summed E-state index contributed by atoms with van der Waals surface area (Å²) in [5.74, 6) is -0.279. The molecule has 0 radical (unpaired) electrons. The summed E-state index contributed by atoms with van der Waals surface area (Å²) in [6.07, 6.45) is 3.10. The van der Waals surface area contributed by atoms with Crippen LogP contribution < -0.4 is 5.56 Å². The molecule has 1 fully saturated rings. The average Bonchev–Trinajstić information content (AvgIpc) is 2.65. The van der Waals surface area contributed by atoms with Crippen LogP contribution in [-0.2, 0) is 18.2 Å². The number of nitrogens with zero attached hydrogens (tertiary/aromatic N) is 2. The number of rotatable bonds is 4. The number of methoxy groups -OCH3 is 1. The Morgan fingerprint density at radius 3 is 2.65 bits per heavy atom. The molecule has 2 aromatic rings. The first-order chi connectivity index (χ1) is 12.5. The van der Waals surface area contributed by atoms with Crippen LogP contribution in [0.4, 0.5) is 4.39 Å². The number of aromatic nitrogens is 1. The maximum atomic E-state index is 13.1. The summed E-state index contributed by atoms with van der Waals surface area (Å²) in [6, 6.07) is 9.47. The zero-order valence-electron chi connectivity index (χ0n) is 15.0. The van der Waals surface area contributed by atoms with Crippen molar-refractivity contribution in [1.82, 2.24) is 9.47 Å². The monoisotopic (exact) mass is 358 g/mol. The first-order valence-corrected chi connectivity index (χ1v) is 8.71. The number of pyridine rings is 1. The zero-order valence-corrected chi connectivity index (χ0v) is 15.0. The third-order valence-corrected chi connectivity index (χ3v) is 5.02. The molecule has 1 amide bonds. The molecule has 1 saturated heterocycles. The fraction of sp³-hybridized carbons (Fsp3) is 0.400. The second-order valence-electron chi connectivity index (χ2n) is 6.77. The molecule has 5 nitrogen and oxygen atoms in total. The molecule has 0 N–H and O–H groups in total. The average molecular weight is 358 g/mol. The number of hydrogen-bond donors (Lipinski definition) is 0. The van der Waals surface area contributed by atoms with Gasteiger partial charge in [0.05, 0.1) is 6.10 Å². The maximum absolute atomic E-state index is 13.1. The Balaban J connectivity index is 1.75. The fourth-order valence-corrected chi connectivity index (χ4v) is 3.49. The van der Waals surface area contributed by atoms with E-state index in [0.717, 1.165) is 12.0 Å². The number of carbonyl (C=O) groups is 1. The van der Waals surface area contributed by atoms with E-state index in [4.69, 9.17) is 4.74 Å². The molecule has 3 rings (SSSR count). The number of hydrogen-bond acceptors (Lipinski definition) is 3. The SMILES string of the molecule is CO[C@H]1CCN(C(=O)c2ccn(C)c(=O)c2)C[C@H]1Cc1ccc(F)cc1. The number of halogens is 1. The van der Waals surface area contributed by atoms with Crippen LogP contribution in [0.5, 0.6) is 0 Å². The van der Waals surface area contributed by atoms with Gasteiger partial charge in [0, 0.05) is 51.0 Å². The Labute approximate surface area is 152 Å². The van der Waals surface area contributed by atoms with Gasteiger partial charge in [-0.05, 0) is 36.6 Å². The molecule has 0 aliphatic carbocycles. The fourth-order valence-electron chi connectivity index (χ4n) is 3.49. The molecule has 2 atom stereocenters. The Bertz CT molecular complexity index is 832. The molecule has 2 heterocycles. The number of ether oxygens (including phenoxy) is 1. The van der Waals surface area contributed by atoms with E-state index in [0.29, 0.717) is 25.1 Å². The van der Waals surface area contributed by atoms with Gasteiger partial charge < -0.3 is 14.2 Å². The summed E-state index contributed by atoms with van der Waals surface area (Å²) in [5.41, 5.74) is 1.22. The minimum absolute atomic E-state index is 0.0488. The van der Waals surface area contributed by atoms with Crippen LogP contribution in [0.2, 0.25) is 0 Å². The lowest BCUT2D eigenvalue weighted by atomic mass is 9.88. The molecular formula is C20H23FN2O3. The van der Waals surface area contributed by atoms with Gasteiger partial charge in [-0.25, -0.2) is 4.39 Å². The second kappa shape index (κ2) is 7.83. The molecule has 0 bridgehead atoms. The van der Waals surface area contributed by atoms with Crippen molar-refractivity contribution in [3.8, 4) is 0 Å². The van der Waals surface area contributed by atoms with E-state index in [2.05, 4.69) is 0 Å². The van der Waals surface area contributed by atoms with Crippen molar-refractivity contribution >= 4 is 5.91 Å². The quantitative estimate of drug-likeness (QED) is 0.842. The minimum Gasteiger partial charge on any atom is -0.381 e. The molecule has 1 aromatic heterocycles. The highest BCUT2D eigenvalue weighted by molar-refractivity contribution is 5.94. The predicted octanol–water partition coefficient (Wildman–Crippen LogP) is 2.24. The molecule has 0 unspecified atom stereocenters. The standard InChI is InChI=1S/C20H23FN2O3/c1-22-9-7-15(12-19(22)24)20(25)23-10-8-18(26-2)16(13-23)11-14-3-5-17(21)6-4-14/h3-7,9,12,16,18H,8,10-11,13H2,1-2H3/t16-,18+/m1/s1. The Kier molecular flexibility index (Phi) is 5.52. The lowest BCUT2D eigenvalue weighted by Gasteiger charge is -2.38. The highest BCUT2D eigenvalue weighted by Crippen LogP contribution is 2.25. The predicted molar refractivity (Wildman–Crippen MR) is 96.6 cm³/mol. The van der Waals surface area contributed by atoms with Crippen LogP contribution >= 0.6 is 0 Å². The van der Waals surface area contributed by atoms with Gasteiger partial charge in [0.15, 0.2) is 0 Å². The highest BCUT2D eigenvalue weighted by atomic mass is 19.1. The van der Waals surface area contributed by atoms with Gasteiger partial charge in [-0.3, -0.25) is 9.59 Å². The van der Waals surface area contributed by atoms with E-state index in [-0.39, 0.29) is 29.3 Å². The summed E-state index contributed by atoms with van der Waals surface area (Å²) in [7, 11) is 3.33. The summed E-state index contributed by atoms with van der Waals surface area (Å²) in [5, 5.41) is 0. The van der Waals surface area contributed by atoms with Gasteiger partial charge in [0.2, 0.25) is 0 Å². The van der Waals surface area contributed by atoms with Crippen molar-refractivity contribution in [2.75, 3.05) is 20.2 Å². The number of piperidine rings is 1. The van der Waals surface area contributed by atoms with E-state index in [1.165, 1.54) is 22.8 Å². The third-order valence-electron chi connectivity index (χ3n) is 5.02. The van der Waals surface area contributed by atoms with Gasteiger partial charge in [0.1, 0.15) is 5.82 Å². The van der Waals surface area contributed by atoms with E-state index < -0.39 is 0 Å². The smallest absolute Gasteiger partial charge is 0.254 e. The largest absolute Gasteiger partial charge is 0.381 e. The van der Waals surface area contributed by atoms with Gasteiger partial charge >= 0.3 is 0 Å². The summed E-state index contributed by atoms with van der Waals surface area (Å²) in [6.45, 7) is 1.14. The van der Waals surface area contributed by atoms with Crippen LogP contribution in [0.25, 0.3) is 0 Å². The van der Waals surface area contributed by atoms with Gasteiger partial charge in [0.25, 0.3) is 11.5 Å². The zero-order chi connectivity index (χ0) is 18.7. The Hall–Kier alpha value is -2.47. The number of benzene rings is 1. The minimum atomic E-state index is -0.261. The Morgan fingerprint density at radius 2 is 2.00 bits per heavy atom. The summed E-state index contributed by atoms with van der Waals surface area (Å²) in [4.78, 5) is 26.4. The van der Waals surface area contributed by atoms with E-state index in [1.54, 1.807) is 43.5 Å². The topological polar surface area (TPSA) is 51.5 Å². The van der Waals surface area contributed by atoms with Crippen molar-refractivity contribution < 1.29 is 13.9 Å². The molecule has 138 valence electrons. The van der Waals surface area contributed by atoms with Gasteiger partial charge in [-0.1, -0.05) is 12.1 Å². The number of likely N-dealkylation sites (tertiary alicyclic amines) is 1. The van der Waals surface area contributed by atoms with Crippen molar-refractivity contribution in [3.63, 3.8) is 0 Å². The summed E-state index contributed by atoms with van der Waals surface area (Å²) >= 11 is 0. The van der Waals surface area contributed by atoms with Crippen LogP contribution in [-0.4, -0.2) is 41.7 Å². The van der Waals surface area contributed by atoms with E-state index in [9.17, 15) is 14.0 Å². The van der Waals surface area contributed by atoms with Crippen LogP contribution in [0.3, 0.4) is 0 Å². The second-order valence-corrected chi connectivity index (χ2v) is 6.77. The van der Waals surface area contributed by atoms with Crippen molar-refractivity contribution in [2.45, 2.75) is 18.9 Å². The van der Waals surface area contributed by atoms with E-state index >= 15 is 0 Å². The number of aryl methyl sites for hydroxylation is 1. The van der Waals surface area contributed by atoms with E-state index in [1.807, 2.05) is 0 Å². The molecule has 0 spiro atoms. The molecule has 1 aliphatic rings. The first kappa shape index (κ1) is 18.3. The summed E-state index contributed by atoms with van der Waals surface area (Å²) < 4.78 is 20.2. The van der Waals surface area contributed by atoms with Crippen molar-refractivity contribution in [1.29, 1.82) is 0 Å². The van der Waals surface area contributed by atoms with Crippen molar-refractivity contribution in [2.24, 2.45) is 13.0 Å². The molecule has 1 aromatic carbocycles. The lowest BCUT2D eigenvalue weighted by molar-refractivity contribution is -0.00300. The van der Waals surface area contributed by atoms with Crippen LogP contribution in [0.15, 0.2) is 47.4 Å². The van der Waals surface area contributed by atoms with Gasteiger partial charge in [-0.15, -0.1) is 0 Å². The molecular weight excluding hydrogens is 335 g/mol. The van der Waals surface area contributed by atoms with Crippen LogP contribution in [0.1, 0.15) is 22.3 Å². The normalized spacial score (nSPS) is 20.2. The first-order valence-electron chi connectivity index (χ1n) is 8.71.